The molecule has 1 atom stereocenters. The molecule has 1 fully saturated rings. The highest BCUT2D eigenvalue weighted by Crippen LogP contribution is 2.16. The van der Waals surface area contributed by atoms with Gasteiger partial charge in [-0.1, -0.05) is 6.92 Å². The Morgan fingerprint density at radius 1 is 1.47 bits per heavy atom. The lowest BCUT2D eigenvalue weighted by atomic mass is 10.1. The summed E-state index contributed by atoms with van der Waals surface area (Å²) in [5, 5.41) is 0. The maximum Gasteiger partial charge on any atom is 0.320 e. The minimum atomic E-state index is -0.119. The fraction of sp³-hybridized carbons (Fsp3) is 0.923. The Bertz CT molecular complexity index is 215. The lowest BCUT2D eigenvalue weighted by molar-refractivity contribution is -0.144. The molecule has 0 spiro atoms. The standard InChI is InChI=1S/C13H25NO3/c1-3-14(11-13(15)16-4-2)9-5-7-12-8-6-10-17-12/h12H,3-11H2,1-2H3. The summed E-state index contributed by atoms with van der Waals surface area (Å²) in [6.07, 6.45) is 5.06. The Hall–Kier alpha value is -0.610. The first-order chi connectivity index (χ1) is 8.26. The van der Waals surface area contributed by atoms with Crippen LogP contribution in [0.2, 0.25) is 0 Å². The first-order valence-corrected chi connectivity index (χ1v) is 6.75. The second-order valence-corrected chi connectivity index (χ2v) is 4.45. The fourth-order valence-electron chi connectivity index (χ4n) is 2.15. The average molecular weight is 243 g/mol. The summed E-state index contributed by atoms with van der Waals surface area (Å²) >= 11 is 0. The minimum Gasteiger partial charge on any atom is -0.465 e. The number of ether oxygens (including phenoxy) is 2. The molecule has 1 saturated heterocycles. The van der Waals surface area contributed by atoms with Crippen molar-refractivity contribution in [2.75, 3.05) is 32.8 Å². The lowest BCUT2D eigenvalue weighted by Gasteiger charge is -2.19. The van der Waals surface area contributed by atoms with Crippen molar-refractivity contribution in [3.8, 4) is 0 Å². The number of esters is 1. The van der Waals surface area contributed by atoms with Gasteiger partial charge in [-0.15, -0.1) is 0 Å². The van der Waals surface area contributed by atoms with E-state index in [-0.39, 0.29) is 5.97 Å². The number of hydrogen-bond acceptors (Lipinski definition) is 4. The van der Waals surface area contributed by atoms with Gasteiger partial charge in [-0.2, -0.15) is 0 Å². The number of nitrogens with zero attached hydrogens (tertiary/aromatic N) is 1. The molecule has 0 bridgehead atoms. The van der Waals surface area contributed by atoms with Crippen molar-refractivity contribution in [1.29, 1.82) is 0 Å². The lowest BCUT2D eigenvalue weighted by Crippen LogP contribution is -2.32. The highest BCUT2D eigenvalue weighted by atomic mass is 16.5. The molecule has 0 aromatic rings. The second-order valence-electron chi connectivity index (χ2n) is 4.45. The SMILES string of the molecule is CCOC(=O)CN(CC)CCCC1CCCO1. The van der Waals surface area contributed by atoms with Crippen LogP contribution in [0.5, 0.6) is 0 Å². The van der Waals surface area contributed by atoms with Crippen molar-refractivity contribution in [3.05, 3.63) is 0 Å². The highest BCUT2D eigenvalue weighted by Gasteiger charge is 2.16. The molecular weight excluding hydrogens is 218 g/mol. The molecule has 0 amide bonds. The number of hydrogen-bond donors (Lipinski definition) is 0. The van der Waals surface area contributed by atoms with Crippen molar-refractivity contribution in [3.63, 3.8) is 0 Å². The molecule has 0 aliphatic carbocycles. The largest absolute Gasteiger partial charge is 0.465 e. The Labute approximate surface area is 104 Å². The van der Waals surface area contributed by atoms with Crippen LogP contribution in [0.1, 0.15) is 39.5 Å². The summed E-state index contributed by atoms with van der Waals surface area (Å²) in [7, 11) is 0. The van der Waals surface area contributed by atoms with Crippen molar-refractivity contribution in [2.45, 2.75) is 45.6 Å². The van der Waals surface area contributed by atoms with Crippen molar-refractivity contribution in [1.82, 2.24) is 4.90 Å². The van der Waals surface area contributed by atoms with Gasteiger partial charge >= 0.3 is 5.97 Å². The quantitative estimate of drug-likeness (QED) is 0.610. The van der Waals surface area contributed by atoms with Gasteiger partial charge in [0.1, 0.15) is 0 Å². The third-order valence-corrected chi connectivity index (χ3v) is 3.13. The Balaban J connectivity index is 2.10. The van der Waals surface area contributed by atoms with E-state index in [4.69, 9.17) is 9.47 Å². The molecule has 0 aromatic heterocycles. The van der Waals surface area contributed by atoms with Crippen LogP contribution >= 0.6 is 0 Å². The zero-order valence-corrected chi connectivity index (χ0v) is 11.1. The van der Waals surface area contributed by atoms with Crippen LogP contribution in [0.4, 0.5) is 0 Å². The molecule has 1 heterocycles. The molecule has 0 saturated carbocycles. The molecule has 1 unspecified atom stereocenters. The molecule has 17 heavy (non-hydrogen) atoms. The van der Waals surface area contributed by atoms with Gasteiger partial charge in [0, 0.05) is 6.61 Å². The van der Waals surface area contributed by atoms with Crippen LogP contribution < -0.4 is 0 Å². The van der Waals surface area contributed by atoms with Crippen LogP contribution in [0.25, 0.3) is 0 Å². The summed E-state index contributed by atoms with van der Waals surface area (Å²) in [4.78, 5) is 13.5. The molecule has 4 nitrogen and oxygen atoms in total. The maximum atomic E-state index is 11.3. The average Bonchev–Trinajstić information content (AvgIpc) is 2.81. The first kappa shape index (κ1) is 14.5. The van der Waals surface area contributed by atoms with Gasteiger partial charge < -0.3 is 9.47 Å². The number of carbonyl (C=O) groups excluding carboxylic acids is 1. The maximum absolute atomic E-state index is 11.3. The first-order valence-electron chi connectivity index (χ1n) is 6.75. The topological polar surface area (TPSA) is 38.8 Å². The van der Waals surface area contributed by atoms with Gasteiger partial charge in [-0.3, -0.25) is 9.69 Å². The zero-order chi connectivity index (χ0) is 12.5. The summed E-state index contributed by atoms with van der Waals surface area (Å²) in [6.45, 7) is 7.56. The van der Waals surface area contributed by atoms with Crippen LogP contribution in [0, 0.1) is 0 Å². The highest BCUT2D eigenvalue weighted by molar-refractivity contribution is 5.71. The molecule has 100 valence electrons. The van der Waals surface area contributed by atoms with E-state index in [1.807, 2.05) is 6.92 Å². The Kier molecular flexibility index (Phi) is 7.21. The van der Waals surface area contributed by atoms with E-state index >= 15 is 0 Å². The monoisotopic (exact) mass is 243 g/mol. The van der Waals surface area contributed by atoms with E-state index in [9.17, 15) is 4.79 Å². The number of likely N-dealkylation sites (N-methyl/N-ethyl adjacent to an activating group) is 1. The predicted octanol–water partition coefficient (Wildman–Crippen LogP) is 1.83. The van der Waals surface area contributed by atoms with Crippen LogP contribution in [-0.2, 0) is 14.3 Å². The third-order valence-electron chi connectivity index (χ3n) is 3.13. The molecule has 4 heteroatoms. The fourth-order valence-corrected chi connectivity index (χ4v) is 2.15. The van der Waals surface area contributed by atoms with E-state index in [2.05, 4.69) is 11.8 Å². The van der Waals surface area contributed by atoms with E-state index < -0.39 is 0 Å². The van der Waals surface area contributed by atoms with Crippen molar-refractivity contribution >= 4 is 5.97 Å². The Morgan fingerprint density at radius 2 is 2.29 bits per heavy atom. The van der Waals surface area contributed by atoms with Crippen LogP contribution in [-0.4, -0.2) is 49.8 Å². The third kappa shape index (κ3) is 6.03. The normalized spacial score (nSPS) is 19.8. The molecular formula is C13H25NO3. The molecule has 1 rings (SSSR count). The van der Waals surface area contributed by atoms with Gasteiger partial charge in [0.25, 0.3) is 0 Å². The van der Waals surface area contributed by atoms with Gasteiger partial charge in [-0.25, -0.2) is 0 Å². The molecule has 0 N–H and O–H groups in total. The second kappa shape index (κ2) is 8.48. The molecule has 0 aromatic carbocycles. The summed E-state index contributed by atoms with van der Waals surface area (Å²) < 4.78 is 10.5. The summed E-state index contributed by atoms with van der Waals surface area (Å²) in [5.74, 6) is -0.119. The number of carbonyl (C=O) groups is 1. The van der Waals surface area contributed by atoms with Crippen molar-refractivity contribution in [2.24, 2.45) is 0 Å². The van der Waals surface area contributed by atoms with E-state index in [0.29, 0.717) is 19.3 Å². The smallest absolute Gasteiger partial charge is 0.320 e. The zero-order valence-electron chi connectivity index (χ0n) is 11.1. The molecule has 1 aliphatic rings. The van der Waals surface area contributed by atoms with E-state index in [0.717, 1.165) is 32.5 Å². The summed E-state index contributed by atoms with van der Waals surface area (Å²) in [5.41, 5.74) is 0. The molecule has 0 radical (unpaired) electrons. The summed E-state index contributed by atoms with van der Waals surface area (Å²) in [6, 6.07) is 0. The van der Waals surface area contributed by atoms with Gasteiger partial charge in [0.05, 0.1) is 19.3 Å². The Morgan fingerprint density at radius 3 is 2.88 bits per heavy atom. The van der Waals surface area contributed by atoms with Crippen molar-refractivity contribution < 1.29 is 14.3 Å². The van der Waals surface area contributed by atoms with Crippen LogP contribution in [0.15, 0.2) is 0 Å². The van der Waals surface area contributed by atoms with E-state index in [1.54, 1.807) is 0 Å². The minimum absolute atomic E-state index is 0.119. The van der Waals surface area contributed by atoms with Gasteiger partial charge in [-0.05, 0) is 45.7 Å². The number of rotatable bonds is 8. The predicted molar refractivity (Wildman–Crippen MR) is 67.0 cm³/mol. The van der Waals surface area contributed by atoms with Gasteiger partial charge in [0.2, 0.25) is 0 Å². The van der Waals surface area contributed by atoms with Gasteiger partial charge in [0.15, 0.2) is 0 Å². The van der Waals surface area contributed by atoms with Crippen LogP contribution in [0.3, 0.4) is 0 Å². The van der Waals surface area contributed by atoms with E-state index in [1.165, 1.54) is 12.8 Å². The molecule has 1 aliphatic heterocycles.